The minimum Gasteiger partial charge on any atom is -0.368 e. The second kappa shape index (κ2) is 7.92. The van der Waals surface area contributed by atoms with E-state index in [-0.39, 0.29) is 11.8 Å². The number of aromatic nitrogens is 5. The summed E-state index contributed by atoms with van der Waals surface area (Å²) in [5.41, 5.74) is 3.70. The van der Waals surface area contributed by atoms with Gasteiger partial charge in [0.2, 0.25) is 11.6 Å². The van der Waals surface area contributed by atoms with Gasteiger partial charge in [0.25, 0.3) is 0 Å². The second-order valence-electron chi connectivity index (χ2n) is 7.51. The van der Waals surface area contributed by atoms with E-state index in [9.17, 15) is 4.79 Å². The van der Waals surface area contributed by atoms with Crippen LogP contribution in [0.1, 0.15) is 44.0 Å². The summed E-state index contributed by atoms with van der Waals surface area (Å²) in [4.78, 5) is 19.1. The summed E-state index contributed by atoms with van der Waals surface area (Å²) in [7, 11) is 0. The van der Waals surface area contributed by atoms with Crippen molar-refractivity contribution in [3.05, 3.63) is 48.2 Å². The number of hydrogen-bond acceptors (Lipinski definition) is 6. The topological polar surface area (TPSA) is 88.3 Å². The molecule has 8 heteroatoms. The number of carbonyl (C=O) groups excluding carboxylic acids is 1. The van der Waals surface area contributed by atoms with E-state index in [2.05, 4.69) is 50.4 Å². The Bertz CT molecular complexity index is 946. The number of anilines is 1. The third-order valence-electron chi connectivity index (χ3n) is 5.24. The average Bonchev–Trinajstić information content (AvgIpc) is 3.21. The number of fused-ring (bicyclic) bond motifs is 1. The van der Waals surface area contributed by atoms with E-state index in [0.29, 0.717) is 12.5 Å². The standard InChI is InChI=1S/C20H25N7O/c1-14(2)17-11-18(19-24-23-13-27(19)25-17)26-9-6-15(7-10-26)20(28)22-12-16-5-3-4-8-21-16/h3-5,8,11,13-15H,6-7,9-10,12H2,1-2H3,(H,22,28). The van der Waals surface area contributed by atoms with Crippen LogP contribution in [0.3, 0.4) is 0 Å². The fourth-order valence-electron chi connectivity index (χ4n) is 3.55. The molecule has 0 saturated carbocycles. The van der Waals surface area contributed by atoms with E-state index < -0.39 is 0 Å². The first kappa shape index (κ1) is 18.3. The number of rotatable bonds is 5. The summed E-state index contributed by atoms with van der Waals surface area (Å²) < 4.78 is 1.75. The first-order valence-electron chi connectivity index (χ1n) is 9.75. The van der Waals surface area contributed by atoms with Crippen molar-refractivity contribution in [1.29, 1.82) is 0 Å². The first-order chi connectivity index (χ1) is 13.6. The van der Waals surface area contributed by atoms with Gasteiger partial charge in [0.05, 0.1) is 23.6 Å². The van der Waals surface area contributed by atoms with Crippen molar-refractivity contribution in [1.82, 2.24) is 30.1 Å². The van der Waals surface area contributed by atoms with Crippen molar-refractivity contribution in [2.45, 2.75) is 39.2 Å². The first-order valence-corrected chi connectivity index (χ1v) is 9.75. The SMILES string of the molecule is CC(C)c1cc(N2CCC(C(=O)NCc3ccccn3)CC2)c2nncn2n1. The minimum absolute atomic E-state index is 0.0280. The van der Waals surface area contributed by atoms with Crippen molar-refractivity contribution in [3.63, 3.8) is 0 Å². The molecule has 1 amide bonds. The molecule has 1 fully saturated rings. The molecular formula is C20H25N7O. The third kappa shape index (κ3) is 3.81. The lowest BCUT2D eigenvalue weighted by Crippen LogP contribution is -2.40. The van der Waals surface area contributed by atoms with Crippen LogP contribution in [0.15, 0.2) is 36.8 Å². The van der Waals surface area contributed by atoms with E-state index in [1.165, 1.54) is 0 Å². The largest absolute Gasteiger partial charge is 0.368 e. The highest BCUT2D eigenvalue weighted by molar-refractivity contribution is 5.79. The number of nitrogens with one attached hydrogen (secondary N) is 1. The molecule has 0 unspecified atom stereocenters. The molecule has 8 nitrogen and oxygen atoms in total. The lowest BCUT2D eigenvalue weighted by atomic mass is 9.95. The monoisotopic (exact) mass is 379 g/mol. The summed E-state index contributed by atoms with van der Waals surface area (Å²) >= 11 is 0. The molecule has 1 aliphatic rings. The molecule has 4 heterocycles. The van der Waals surface area contributed by atoms with E-state index in [0.717, 1.165) is 48.7 Å². The molecule has 1 aliphatic heterocycles. The molecule has 28 heavy (non-hydrogen) atoms. The van der Waals surface area contributed by atoms with Gasteiger partial charge in [-0.2, -0.15) is 9.61 Å². The zero-order chi connectivity index (χ0) is 19.5. The average molecular weight is 379 g/mol. The number of amides is 1. The smallest absolute Gasteiger partial charge is 0.223 e. The van der Waals surface area contributed by atoms with Gasteiger partial charge >= 0.3 is 0 Å². The molecule has 0 spiro atoms. The Morgan fingerprint density at radius 2 is 2.11 bits per heavy atom. The normalized spacial score (nSPS) is 15.3. The van der Waals surface area contributed by atoms with Gasteiger partial charge in [0.1, 0.15) is 6.33 Å². The van der Waals surface area contributed by atoms with E-state index in [1.54, 1.807) is 17.0 Å². The summed E-state index contributed by atoms with van der Waals surface area (Å²) in [6.45, 7) is 6.35. The molecular weight excluding hydrogens is 354 g/mol. The number of carbonyl (C=O) groups is 1. The Balaban J connectivity index is 1.41. The van der Waals surface area contributed by atoms with Crippen molar-refractivity contribution in [2.24, 2.45) is 5.92 Å². The Hall–Kier alpha value is -3.03. The lowest BCUT2D eigenvalue weighted by molar-refractivity contribution is -0.125. The maximum absolute atomic E-state index is 12.5. The molecule has 4 rings (SSSR count). The second-order valence-corrected chi connectivity index (χ2v) is 7.51. The van der Waals surface area contributed by atoms with Crippen LogP contribution in [-0.4, -0.2) is 43.8 Å². The fraction of sp³-hybridized carbons (Fsp3) is 0.450. The molecule has 0 aliphatic carbocycles. The Morgan fingerprint density at radius 3 is 2.82 bits per heavy atom. The van der Waals surface area contributed by atoms with Crippen LogP contribution in [0.4, 0.5) is 5.69 Å². The van der Waals surface area contributed by atoms with Crippen LogP contribution in [-0.2, 0) is 11.3 Å². The summed E-state index contributed by atoms with van der Waals surface area (Å²) in [5, 5.41) is 15.8. The summed E-state index contributed by atoms with van der Waals surface area (Å²) in [6, 6.07) is 7.83. The highest BCUT2D eigenvalue weighted by Gasteiger charge is 2.27. The predicted octanol–water partition coefficient (Wildman–Crippen LogP) is 2.18. The van der Waals surface area contributed by atoms with Crippen LogP contribution >= 0.6 is 0 Å². The van der Waals surface area contributed by atoms with Crippen LogP contribution in [0.25, 0.3) is 5.65 Å². The van der Waals surface area contributed by atoms with Crippen LogP contribution in [0.2, 0.25) is 0 Å². The van der Waals surface area contributed by atoms with Gasteiger partial charge in [0, 0.05) is 25.2 Å². The molecule has 3 aromatic rings. The zero-order valence-corrected chi connectivity index (χ0v) is 16.2. The number of hydrogen-bond donors (Lipinski definition) is 1. The van der Waals surface area contributed by atoms with E-state index in [4.69, 9.17) is 0 Å². The van der Waals surface area contributed by atoms with Gasteiger partial charge in [0.15, 0.2) is 0 Å². The van der Waals surface area contributed by atoms with E-state index in [1.807, 2.05) is 18.2 Å². The van der Waals surface area contributed by atoms with Gasteiger partial charge < -0.3 is 10.2 Å². The van der Waals surface area contributed by atoms with Gasteiger partial charge in [-0.3, -0.25) is 9.78 Å². The third-order valence-corrected chi connectivity index (χ3v) is 5.24. The van der Waals surface area contributed by atoms with Crippen LogP contribution in [0, 0.1) is 5.92 Å². The van der Waals surface area contributed by atoms with Crippen LogP contribution in [0.5, 0.6) is 0 Å². The van der Waals surface area contributed by atoms with Crippen molar-refractivity contribution >= 4 is 17.2 Å². The minimum atomic E-state index is 0.0280. The molecule has 1 saturated heterocycles. The summed E-state index contributed by atoms with van der Waals surface area (Å²) in [5.74, 6) is 0.455. The zero-order valence-electron chi connectivity index (χ0n) is 16.2. The molecule has 0 aromatic carbocycles. The van der Waals surface area contributed by atoms with Gasteiger partial charge in [-0.05, 0) is 37.0 Å². The van der Waals surface area contributed by atoms with Gasteiger partial charge in [-0.25, -0.2) is 0 Å². The van der Waals surface area contributed by atoms with Crippen molar-refractivity contribution < 1.29 is 4.79 Å². The van der Waals surface area contributed by atoms with Gasteiger partial charge in [-0.15, -0.1) is 10.2 Å². The number of nitrogens with zero attached hydrogens (tertiary/aromatic N) is 6. The lowest BCUT2D eigenvalue weighted by Gasteiger charge is -2.33. The highest BCUT2D eigenvalue weighted by Crippen LogP contribution is 2.28. The molecule has 0 atom stereocenters. The van der Waals surface area contributed by atoms with Crippen molar-refractivity contribution in [2.75, 3.05) is 18.0 Å². The maximum atomic E-state index is 12.5. The van der Waals surface area contributed by atoms with Crippen molar-refractivity contribution in [3.8, 4) is 0 Å². The Labute approximate surface area is 164 Å². The maximum Gasteiger partial charge on any atom is 0.223 e. The Kier molecular flexibility index (Phi) is 5.18. The quantitative estimate of drug-likeness (QED) is 0.731. The fourth-order valence-corrected chi connectivity index (χ4v) is 3.55. The molecule has 146 valence electrons. The number of piperidine rings is 1. The predicted molar refractivity (Wildman–Crippen MR) is 106 cm³/mol. The Morgan fingerprint density at radius 1 is 1.29 bits per heavy atom. The van der Waals surface area contributed by atoms with E-state index >= 15 is 0 Å². The molecule has 1 N–H and O–H groups in total. The van der Waals surface area contributed by atoms with Gasteiger partial charge in [-0.1, -0.05) is 19.9 Å². The highest BCUT2D eigenvalue weighted by atomic mass is 16.1. The molecule has 3 aromatic heterocycles. The molecule has 0 radical (unpaired) electrons. The summed E-state index contributed by atoms with van der Waals surface area (Å²) in [6.07, 6.45) is 5.01. The molecule has 0 bridgehead atoms. The van der Waals surface area contributed by atoms with Crippen LogP contribution < -0.4 is 10.2 Å². The number of pyridine rings is 1.